The Morgan fingerprint density at radius 2 is 2.05 bits per heavy atom. The molecule has 1 N–H and O–H groups in total. The number of hydrogen-bond acceptors (Lipinski definition) is 4. The number of nitrogens with zero attached hydrogens (tertiary/aromatic N) is 3. The smallest absolute Gasteiger partial charge is 0.0992 e. The van der Waals surface area contributed by atoms with Gasteiger partial charge in [0.15, 0.2) is 0 Å². The van der Waals surface area contributed by atoms with Gasteiger partial charge in [-0.1, -0.05) is 6.07 Å². The SMILES string of the molecule is CC(O)c1ccc(C#N)cc1N(C)C1CCN(C)CC1. The lowest BCUT2D eigenvalue weighted by Crippen LogP contribution is -2.42. The molecule has 0 bridgehead atoms. The van der Waals surface area contributed by atoms with E-state index in [2.05, 4.69) is 30.0 Å². The second-order valence-corrected chi connectivity index (χ2v) is 5.71. The molecule has 0 amide bonds. The fraction of sp³-hybridized carbons (Fsp3) is 0.562. The molecule has 2 rings (SSSR count). The maximum Gasteiger partial charge on any atom is 0.0992 e. The summed E-state index contributed by atoms with van der Waals surface area (Å²) in [4.78, 5) is 4.57. The second-order valence-electron chi connectivity index (χ2n) is 5.71. The Morgan fingerprint density at radius 3 is 2.60 bits per heavy atom. The van der Waals surface area contributed by atoms with Crippen LogP contribution in [0.15, 0.2) is 18.2 Å². The number of rotatable bonds is 3. The number of likely N-dealkylation sites (tertiary alicyclic amines) is 1. The fourth-order valence-electron chi connectivity index (χ4n) is 2.85. The third kappa shape index (κ3) is 3.12. The maximum absolute atomic E-state index is 9.94. The van der Waals surface area contributed by atoms with Crippen molar-refractivity contribution in [3.63, 3.8) is 0 Å². The zero-order chi connectivity index (χ0) is 14.7. The van der Waals surface area contributed by atoms with Gasteiger partial charge in [0.05, 0.1) is 17.7 Å². The molecule has 4 heteroatoms. The van der Waals surface area contributed by atoms with E-state index in [9.17, 15) is 5.11 Å². The minimum absolute atomic E-state index is 0.470. The predicted octanol–water partition coefficient (Wildman–Crippen LogP) is 2.14. The standard InChI is InChI=1S/C16H23N3O/c1-12(20)15-5-4-13(11-17)10-16(15)19(3)14-6-8-18(2)9-7-14/h4-5,10,12,14,20H,6-9H2,1-3H3. The van der Waals surface area contributed by atoms with Crippen molar-refractivity contribution in [2.24, 2.45) is 0 Å². The molecule has 20 heavy (non-hydrogen) atoms. The third-order valence-electron chi connectivity index (χ3n) is 4.23. The Bertz CT molecular complexity index is 499. The van der Waals surface area contributed by atoms with Gasteiger partial charge in [0.2, 0.25) is 0 Å². The van der Waals surface area contributed by atoms with Crippen molar-refractivity contribution < 1.29 is 5.11 Å². The normalized spacial score (nSPS) is 18.6. The maximum atomic E-state index is 9.94. The Hall–Kier alpha value is -1.57. The summed E-state index contributed by atoms with van der Waals surface area (Å²) < 4.78 is 0. The van der Waals surface area contributed by atoms with Gasteiger partial charge in [-0.25, -0.2) is 0 Å². The van der Waals surface area contributed by atoms with E-state index < -0.39 is 6.10 Å². The van der Waals surface area contributed by atoms with Gasteiger partial charge in [-0.15, -0.1) is 0 Å². The van der Waals surface area contributed by atoms with Crippen LogP contribution in [0, 0.1) is 11.3 Å². The predicted molar refractivity (Wildman–Crippen MR) is 80.7 cm³/mol. The first-order valence-electron chi connectivity index (χ1n) is 7.16. The number of aliphatic hydroxyl groups is 1. The van der Waals surface area contributed by atoms with E-state index >= 15 is 0 Å². The van der Waals surface area contributed by atoms with Gasteiger partial charge in [0.1, 0.15) is 0 Å². The molecular formula is C16H23N3O. The van der Waals surface area contributed by atoms with Crippen molar-refractivity contribution in [3.8, 4) is 6.07 Å². The molecule has 108 valence electrons. The molecule has 1 aromatic carbocycles. The van der Waals surface area contributed by atoms with Gasteiger partial charge < -0.3 is 14.9 Å². The zero-order valence-electron chi connectivity index (χ0n) is 12.5. The van der Waals surface area contributed by atoms with Crippen LogP contribution in [0.25, 0.3) is 0 Å². The molecule has 1 atom stereocenters. The lowest BCUT2D eigenvalue weighted by Gasteiger charge is -2.37. The van der Waals surface area contributed by atoms with Crippen molar-refractivity contribution in [1.82, 2.24) is 4.90 Å². The first-order chi connectivity index (χ1) is 9.52. The first-order valence-corrected chi connectivity index (χ1v) is 7.16. The summed E-state index contributed by atoms with van der Waals surface area (Å²) in [5.41, 5.74) is 2.52. The average molecular weight is 273 g/mol. The summed E-state index contributed by atoms with van der Waals surface area (Å²) in [6, 6.07) is 8.18. The average Bonchev–Trinajstić information content (AvgIpc) is 2.46. The highest BCUT2D eigenvalue weighted by atomic mass is 16.3. The molecular weight excluding hydrogens is 250 g/mol. The highest BCUT2D eigenvalue weighted by Gasteiger charge is 2.23. The summed E-state index contributed by atoms with van der Waals surface area (Å²) >= 11 is 0. The molecule has 1 fully saturated rings. The summed E-state index contributed by atoms with van der Waals surface area (Å²) in [6.45, 7) is 3.96. The molecule has 0 radical (unpaired) electrons. The molecule has 1 unspecified atom stereocenters. The van der Waals surface area contributed by atoms with E-state index in [1.165, 1.54) is 0 Å². The Labute approximate surface area is 121 Å². The highest BCUT2D eigenvalue weighted by Crippen LogP contribution is 2.30. The van der Waals surface area contributed by atoms with Crippen LogP contribution in [0.5, 0.6) is 0 Å². The van der Waals surface area contributed by atoms with Crippen LogP contribution in [0.1, 0.15) is 37.0 Å². The summed E-state index contributed by atoms with van der Waals surface area (Å²) in [6.07, 6.45) is 1.71. The van der Waals surface area contributed by atoms with Crippen molar-refractivity contribution in [2.75, 3.05) is 32.1 Å². The molecule has 0 saturated carbocycles. The van der Waals surface area contributed by atoms with Gasteiger partial charge in [0, 0.05) is 24.3 Å². The Kier molecular flexibility index (Phi) is 4.64. The lowest BCUT2D eigenvalue weighted by molar-refractivity contribution is 0.199. The molecule has 1 saturated heterocycles. The molecule has 4 nitrogen and oxygen atoms in total. The fourth-order valence-corrected chi connectivity index (χ4v) is 2.85. The van der Waals surface area contributed by atoms with Gasteiger partial charge in [0.25, 0.3) is 0 Å². The van der Waals surface area contributed by atoms with Gasteiger partial charge in [-0.3, -0.25) is 0 Å². The van der Waals surface area contributed by atoms with Crippen LogP contribution >= 0.6 is 0 Å². The number of anilines is 1. The van der Waals surface area contributed by atoms with E-state index in [4.69, 9.17) is 5.26 Å². The molecule has 1 heterocycles. The van der Waals surface area contributed by atoms with Gasteiger partial charge >= 0.3 is 0 Å². The van der Waals surface area contributed by atoms with E-state index in [0.29, 0.717) is 11.6 Å². The van der Waals surface area contributed by atoms with E-state index in [0.717, 1.165) is 37.2 Å². The Morgan fingerprint density at radius 1 is 1.40 bits per heavy atom. The second kappa shape index (κ2) is 6.25. The van der Waals surface area contributed by atoms with Crippen molar-refractivity contribution in [1.29, 1.82) is 5.26 Å². The number of nitriles is 1. The zero-order valence-corrected chi connectivity index (χ0v) is 12.5. The van der Waals surface area contributed by atoms with E-state index in [1.54, 1.807) is 13.0 Å². The summed E-state index contributed by atoms with van der Waals surface area (Å²) in [5.74, 6) is 0. The van der Waals surface area contributed by atoms with E-state index in [1.807, 2.05) is 12.1 Å². The van der Waals surface area contributed by atoms with Crippen molar-refractivity contribution in [3.05, 3.63) is 29.3 Å². The summed E-state index contributed by atoms with van der Waals surface area (Å²) in [5, 5.41) is 19.0. The van der Waals surface area contributed by atoms with Crippen LogP contribution < -0.4 is 4.90 Å². The van der Waals surface area contributed by atoms with Crippen LogP contribution in [0.3, 0.4) is 0 Å². The monoisotopic (exact) mass is 273 g/mol. The minimum Gasteiger partial charge on any atom is -0.389 e. The molecule has 0 aliphatic carbocycles. The number of benzene rings is 1. The molecule has 1 aliphatic heterocycles. The lowest BCUT2D eigenvalue weighted by atomic mass is 9.99. The highest BCUT2D eigenvalue weighted by molar-refractivity contribution is 5.58. The molecule has 1 aliphatic rings. The number of piperidine rings is 1. The van der Waals surface area contributed by atoms with Gasteiger partial charge in [-0.2, -0.15) is 5.26 Å². The van der Waals surface area contributed by atoms with E-state index in [-0.39, 0.29) is 0 Å². The van der Waals surface area contributed by atoms with Gasteiger partial charge in [-0.05, 0) is 52.0 Å². The van der Waals surface area contributed by atoms with Crippen LogP contribution in [-0.2, 0) is 0 Å². The largest absolute Gasteiger partial charge is 0.389 e. The van der Waals surface area contributed by atoms with Crippen LogP contribution in [0.4, 0.5) is 5.69 Å². The third-order valence-corrected chi connectivity index (χ3v) is 4.23. The first kappa shape index (κ1) is 14.8. The number of hydrogen-bond donors (Lipinski definition) is 1. The quantitative estimate of drug-likeness (QED) is 0.916. The molecule has 0 aromatic heterocycles. The van der Waals surface area contributed by atoms with Crippen molar-refractivity contribution in [2.45, 2.75) is 31.9 Å². The summed E-state index contributed by atoms with van der Waals surface area (Å²) in [7, 11) is 4.21. The molecule has 0 spiro atoms. The van der Waals surface area contributed by atoms with Crippen LogP contribution in [0.2, 0.25) is 0 Å². The minimum atomic E-state index is -0.522. The number of aliphatic hydroxyl groups excluding tert-OH is 1. The van der Waals surface area contributed by atoms with Crippen molar-refractivity contribution >= 4 is 5.69 Å². The topological polar surface area (TPSA) is 50.5 Å². The Balaban J connectivity index is 2.27. The molecule has 1 aromatic rings. The van der Waals surface area contributed by atoms with Crippen LogP contribution in [-0.4, -0.2) is 43.2 Å².